The number of alkyl halides is 1. The van der Waals surface area contributed by atoms with Gasteiger partial charge < -0.3 is 4.74 Å². The lowest BCUT2D eigenvalue weighted by atomic mass is 10.2. The van der Waals surface area contributed by atoms with E-state index in [1.807, 2.05) is 12.1 Å². The van der Waals surface area contributed by atoms with Crippen LogP contribution in [0.5, 0.6) is 5.75 Å². The molecule has 0 N–H and O–H groups in total. The third-order valence-corrected chi connectivity index (χ3v) is 4.10. The van der Waals surface area contributed by atoms with E-state index in [9.17, 15) is 0 Å². The van der Waals surface area contributed by atoms with Gasteiger partial charge in [0.25, 0.3) is 0 Å². The zero-order valence-corrected chi connectivity index (χ0v) is 10.9. The van der Waals surface area contributed by atoms with Crippen LogP contribution < -0.4 is 4.74 Å². The monoisotopic (exact) mass is 288 g/mol. The molecule has 1 aromatic heterocycles. The Balaban J connectivity index is 2.77. The Labute approximate surface area is 101 Å². The minimum absolute atomic E-state index is 0.862. The van der Waals surface area contributed by atoms with Crippen LogP contribution in [0, 0.1) is 0 Å². The second-order valence-electron chi connectivity index (χ2n) is 2.89. The number of hydrogen-bond acceptors (Lipinski definition) is 3. The highest BCUT2D eigenvalue weighted by molar-refractivity contribution is 9.08. The van der Waals surface area contributed by atoms with Gasteiger partial charge in [0.05, 0.1) is 11.3 Å². The van der Waals surface area contributed by atoms with E-state index in [0.717, 1.165) is 20.7 Å². The normalized spacial score (nSPS) is 10.8. The largest absolute Gasteiger partial charge is 0.496 e. The Morgan fingerprint density at radius 1 is 1.50 bits per heavy atom. The smallest absolute Gasteiger partial charge is 0.127 e. The topological polar surface area (TPSA) is 9.23 Å². The molecule has 0 aliphatic rings. The van der Waals surface area contributed by atoms with Crippen molar-refractivity contribution in [2.45, 2.75) is 9.54 Å². The quantitative estimate of drug-likeness (QED) is 0.647. The maximum atomic E-state index is 5.30. The van der Waals surface area contributed by atoms with Gasteiger partial charge >= 0.3 is 0 Å². The Kier molecular flexibility index (Phi) is 3.04. The molecule has 0 bridgehead atoms. The van der Waals surface area contributed by atoms with Gasteiger partial charge in [-0.15, -0.1) is 24.0 Å². The van der Waals surface area contributed by atoms with Crippen molar-refractivity contribution < 1.29 is 4.74 Å². The van der Waals surface area contributed by atoms with Crippen molar-refractivity contribution in [3.8, 4) is 5.75 Å². The first-order chi connectivity index (χ1) is 6.76. The van der Waals surface area contributed by atoms with E-state index in [2.05, 4.69) is 34.6 Å². The van der Waals surface area contributed by atoms with E-state index in [1.165, 1.54) is 10.3 Å². The highest BCUT2D eigenvalue weighted by Crippen LogP contribution is 2.37. The molecule has 0 atom stereocenters. The number of halogens is 1. The Morgan fingerprint density at radius 2 is 2.29 bits per heavy atom. The van der Waals surface area contributed by atoms with Gasteiger partial charge in [-0.3, -0.25) is 0 Å². The Bertz CT molecular complexity index is 423. The van der Waals surface area contributed by atoms with Crippen molar-refractivity contribution in [2.75, 3.05) is 7.11 Å². The maximum absolute atomic E-state index is 5.30. The summed E-state index contributed by atoms with van der Waals surface area (Å²) >= 11 is 9.53. The molecule has 0 fully saturated rings. The molecular weight excluding hydrogens is 280 g/mol. The van der Waals surface area contributed by atoms with Crippen LogP contribution in [0.15, 0.2) is 22.4 Å². The molecule has 4 heteroatoms. The van der Waals surface area contributed by atoms with Crippen LogP contribution in [0.4, 0.5) is 0 Å². The zero-order chi connectivity index (χ0) is 10.1. The molecular formula is C10H9BrOS2. The minimum Gasteiger partial charge on any atom is -0.496 e. The van der Waals surface area contributed by atoms with Gasteiger partial charge in [0.1, 0.15) is 5.75 Å². The summed E-state index contributed by atoms with van der Waals surface area (Å²) in [7, 11) is 1.69. The van der Waals surface area contributed by atoms with E-state index >= 15 is 0 Å². The highest BCUT2D eigenvalue weighted by Gasteiger charge is 2.08. The van der Waals surface area contributed by atoms with E-state index < -0.39 is 0 Å². The third kappa shape index (κ3) is 1.66. The van der Waals surface area contributed by atoms with Gasteiger partial charge in [-0.05, 0) is 17.7 Å². The fourth-order valence-electron chi connectivity index (χ4n) is 1.42. The summed E-state index contributed by atoms with van der Waals surface area (Å²) in [5, 5.41) is 2.01. The van der Waals surface area contributed by atoms with Crippen LogP contribution in [0.1, 0.15) is 5.56 Å². The first-order valence-electron chi connectivity index (χ1n) is 4.10. The molecule has 1 aromatic carbocycles. The third-order valence-electron chi connectivity index (χ3n) is 2.08. The maximum Gasteiger partial charge on any atom is 0.127 e. The average Bonchev–Trinajstić information content (AvgIpc) is 2.57. The molecule has 1 nitrogen and oxygen atoms in total. The predicted molar refractivity (Wildman–Crippen MR) is 68.3 cm³/mol. The number of fused-ring (bicyclic) bond motifs is 1. The van der Waals surface area contributed by atoms with E-state index in [0.29, 0.717) is 0 Å². The summed E-state index contributed by atoms with van der Waals surface area (Å²) in [5.41, 5.74) is 1.28. The zero-order valence-electron chi connectivity index (χ0n) is 7.58. The first kappa shape index (κ1) is 10.3. The SMILES string of the molecule is COc1ccc(CBr)c2sc(S)cc12. The molecule has 0 amide bonds. The first-order valence-corrected chi connectivity index (χ1v) is 6.49. The minimum atomic E-state index is 0.862. The van der Waals surface area contributed by atoms with Crippen molar-refractivity contribution in [1.29, 1.82) is 0 Å². The fraction of sp³-hybridized carbons (Fsp3) is 0.200. The van der Waals surface area contributed by atoms with E-state index in [-0.39, 0.29) is 0 Å². The molecule has 0 aliphatic heterocycles. The molecule has 0 aliphatic carbocycles. The second-order valence-corrected chi connectivity index (χ2v) is 5.29. The molecule has 1 heterocycles. The lowest BCUT2D eigenvalue weighted by Crippen LogP contribution is -1.84. The number of benzene rings is 1. The molecule has 0 saturated carbocycles. The number of rotatable bonds is 2. The van der Waals surface area contributed by atoms with Crippen molar-refractivity contribution in [1.82, 2.24) is 0 Å². The summed E-state index contributed by atoms with van der Waals surface area (Å²) in [6.07, 6.45) is 0. The summed E-state index contributed by atoms with van der Waals surface area (Å²) < 4.78 is 7.57. The summed E-state index contributed by atoms with van der Waals surface area (Å²) in [6, 6.07) is 6.13. The van der Waals surface area contributed by atoms with Gasteiger partial charge in [0, 0.05) is 15.4 Å². The van der Waals surface area contributed by atoms with Gasteiger partial charge in [0.2, 0.25) is 0 Å². The van der Waals surface area contributed by atoms with Crippen molar-refractivity contribution >= 4 is 50.0 Å². The second kappa shape index (κ2) is 4.13. The lowest BCUT2D eigenvalue weighted by molar-refractivity contribution is 0.420. The number of thiophene rings is 1. The summed E-state index contributed by atoms with van der Waals surface area (Å²) in [6.45, 7) is 0. The van der Waals surface area contributed by atoms with E-state index in [4.69, 9.17) is 4.74 Å². The molecule has 74 valence electrons. The number of methoxy groups -OCH3 is 1. The molecule has 0 saturated heterocycles. The molecule has 0 spiro atoms. The summed E-state index contributed by atoms with van der Waals surface area (Å²) in [4.78, 5) is 0. The Morgan fingerprint density at radius 3 is 2.93 bits per heavy atom. The van der Waals surface area contributed by atoms with Crippen LogP contribution in [-0.4, -0.2) is 7.11 Å². The highest BCUT2D eigenvalue weighted by atomic mass is 79.9. The van der Waals surface area contributed by atoms with Gasteiger partial charge in [-0.2, -0.15) is 0 Å². The van der Waals surface area contributed by atoms with E-state index in [1.54, 1.807) is 18.4 Å². The lowest BCUT2D eigenvalue weighted by Gasteiger charge is -2.03. The standard InChI is InChI=1S/C10H9BrOS2/c1-12-8-3-2-6(5-11)10-7(8)4-9(13)14-10/h2-4,13H,5H2,1H3. The number of thiol groups is 1. The fourth-order valence-corrected chi connectivity index (χ4v) is 3.41. The number of ether oxygens (including phenoxy) is 1. The number of hydrogen-bond donors (Lipinski definition) is 1. The summed E-state index contributed by atoms with van der Waals surface area (Å²) in [5.74, 6) is 0.918. The van der Waals surface area contributed by atoms with Gasteiger partial charge in [-0.25, -0.2) is 0 Å². The van der Waals surface area contributed by atoms with Crippen LogP contribution in [0.3, 0.4) is 0 Å². The van der Waals surface area contributed by atoms with Crippen LogP contribution in [0.2, 0.25) is 0 Å². The molecule has 0 unspecified atom stereocenters. The molecule has 2 rings (SSSR count). The molecule has 2 aromatic rings. The van der Waals surface area contributed by atoms with Crippen LogP contribution >= 0.6 is 39.9 Å². The van der Waals surface area contributed by atoms with Gasteiger partial charge in [0.15, 0.2) is 0 Å². The predicted octanol–water partition coefficient (Wildman–Crippen LogP) is 4.09. The van der Waals surface area contributed by atoms with Crippen molar-refractivity contribution in [3.63, 3.8) is 0 Å². The molecule has 14 heavy (non-hydrogen) atoms. The average molecular weight is 289 g/mol. The van der Waals surface area contributed by atoms with Crippen LogP contribution in [0.25, 0.3) is 10.1 Å². The Hall–Kier alpha value is -0.190. The van der Waals surface area contributed by atoms with Crippen molar-refractivity contribution in [3.05, 3.63) is 23.8 Å². The van der Waals surface area contributed by atoms with Crippen LogP contribution in [-0.2, 0) is 5.33 Å². The van der Waals surface area contributed by atoms with Crippen molar-refractivity contribution in [2.24, 2.45) is 0 Å². The molecule has 0 radical (unpaired) electrons. The van der Waals surface area contributed by atoms with Gasteiger partial charge in [-0.1, -0.05) is 22.0 Å².